The van der Waals surface area contributed by atoms with Crippen LogP contribution >= 0.6 is 11.8 Å². The molecule has 0 aliphatic rings. The number of hydrogen-bond acceptors (Lipinski definition) is 7. The standard InChI is InChI=1S/C19H22N4O3S/c1-3-25-16-6-4-14(5-7-16)18-21-22-19(23(18)20)27-13-12-26-17-10-8-15(24-2)9-11-17/h4-11H,3,12-13,20H2,1-2H3. The van der Waals surface area contributed by atoms with Gasteiger partial charge < -0.3 is 20.1 Å². The van der Waals surface area contributed by atoms with Gasteiger partial charge in [0.25, 0.3) is 0 Å². The molecule has 1 heterocycles. The summed E-state index contributed by atoms with van der Waals surface area (Å²) in [6.07, 6.45) is 0. The van der Waals surface area contributed by atoms with E-state index in [1.54, 1.807) is 7.11 Å². The van der Waals surface area contributed by atoms with Gasteiger partial charge in [-0.1, -0.05) is 11.8 Å². The minimum atomic E-state index is 0.530. The molecule has 0 bridgehead atoms. The fourth-order valence-electron chi connectivity index (χ4n) is 2.40. The Balaban J connectivity index is 1.53. The monoisotopic (exact) mass is 386 g/mol. The van der Waals surface area contributed by atoms with Gasteiger partial charge in [-0.05, 0) is 55.5 Å². The predicted octanol–water partition coefficient (Wildman–Crippen LogP) is 3.24. The first kappa shape index (κ1) is 18.9. The first-order valence-corrected chi connectivity index (χ1v) is 9.53. The van der Waals surface area contributed by atoms with Gasteiger partial charge in [-0.25, -0.2) is 4.68 Å². The van der Waals surface area contributed by atoms with E-state index < -0.39 is 0 Å². The van der Waals surface area contributed by atoms with Crippen molar-refractivity contribution in [1.82, 2.24) is 14.9 Å². The number of benzene rings is 2. The largest absolute Gasteiger partial charge is 0.497 e. The second-order valence-electron chi connectivity index (χ2n) is 5.51. The molecule has 0 saturated carbocycles. The number of nitrogen functional groups attached to an aromatic ring is 1. The summed E-state index contributed by atoms with van der Waals surface area (Å²) in [6, 6.07) is 15.1. The van der Waals surface area contributed by atoms with E-state index in [1.165, 1.54) is 16.4 Å². The average Bonchev–Trinajstić information content (AvgIpc) is 3.07. The molecule has 1 aromatic heterocycles. The topological polar surface area (TPSA) is 84.4 Å². The van der Waals surface area contributed by atoms with Crippen molar-refractivity contribution in [3.8, 4) is 28.6 Å². The molecule has 0 radical (unpaired) electrons. The number of thioether (sulfide) groups is 1. The number of aromatic nitrogens is 3. The van der Waals surface area contributed by atoms with Gasteiger partial charge in [0.2, 0.25) is 5.16 Å². The molecule has 0 saturated heterocycles. The maximum Gasteiger partial charge on any atom is 0.210 e. The van der Waals surface area contributed by atoms with E-state index in [2.05, 4.69) is 10.2 Å². The molecule has 3 aromatic rings. The Morgan fingerprint density at radius 3 is 2.22 bits per heavy atom. The van der Waals surface area contributed by atoms with E-state index in [9.17, 15) is 0 Å². The molecular weight excluding hydrogens is 364 g/mol. The van der Waals surface area contributed by atoms with Crippen LogP contribution in [0.4, 0.5) is 0 Å². The van der Waals surface area contributed by atoms with Crippen molar-refractivity contribution in [3.05, 3.63) is 48.5 Å². The third-order valence-electron chi connectivity index (χ3n) is 3.73. The number of nitrogens with zero attached hydrogens (tertiary/aromatic N) is 3. The Bertz CT molecular complexity index is 850. The summed E-state index contributed by atoms with van der Waals surface area (Å²) in [5.74, 6) is 9.86. The number of rotatable bonds is 9. The third kappa shape index (κ3) is 4.85. The van der Waals surface area contributed by atoms with E-state index in [4.69, 9.17) is 20.1 Å². The summed E-state index contributed by atoms with van der Waals surface area (Å²) in [7, 11) is 1.64. The van der Waals surface area contributed by atoms with Crippen LogP contribution in [0.3, 0.4) is 0 Å². The van der Waals surface area contributed by atoms with E-state index >= 15 is 0 Å². The summed E-state index contributed by atoms with van der Waals surface area (Å²) in [6.45, 7) is 3.11. The van der Waals surface area contributed by atoms with E-state index in [0.29, 0.717) is 29.9 Å². The molecule has 0 fully saturated rings. The predicted molar refractivity (Wildman–Crippen MR) is 106 cm³/mol. The number of methoxy groups -OCH3 is 1. The van der Waals surface area contributed by atoms with Crippen LogP contribution < -0.4 is 20.1 Å². The highest BCUT2D eigenvalue weighted by Crippen LogP contribution is 2.24. The molecule has 0 unspecified atom stereocenters. The van der Waals surface area contributed by atoms with Crippen LogP contribution in [-0.4, -0.2) is 40.9 Å². The molecule has 27 heavy (non-hydrogen) atoms. The van der Waals surface area contributed by atoms with Crippen LogP contribution in [0.2, 0.25) is 0 Å². The minimum absolute atomic E-state index is 0.530. The van der Waals surface area contributed by atoms with Gasteiger partial charge in [-0.3, -0.25) is 0 Å². The Hall–Kier alpha value is -2.87. The molecular formula is C19H22N4O3S. The summed E-state index contributed by atoms with van der Waals surface area (Å²) in [5, 5.41) is 8.99. The van der Waals surface area contributed by atoms with Crippen LogP contribution in [0.25, 0.3) is 11.4 Å². The van der Waals surface area contributed by atoms with E-state index in [0.717, 1.165) is 22.8 Å². The molecule has 0 aliphatic carbocycles. The lowest BCUT2D eigenvalue weighted by atomic mass is 10.2. The summed E-state index contributed by atoms with van der Waals surface area (Å²) < 4.78 is 17.8. The summed E-state index contributed by atoms with van der Waals surface area (Å²) in [5.41, 5.74) is 0.884. The van der Waals surface area contributed by atoms with Crippen LogP contribution in [0.5, 0.6) is 17.2 Å². The zero-order valence-corrected chi connectivity index (χ0v) is 16.1. The second kappa shape index (κ2) is 9.18. The third-order valence-corrected chi connectivity index (χ3v) is 4.64. The lowest BCUT2D eigenvalue weighted by Gasteiger charge is -2.07. The van der Waals surface area contributed by atoms with Gasteiger partial charge in [0.15, 0.2) is 5.82 Å². The molecule has 0 amide bonds. The highest BCUT2D eigenvalue weighted by atomic mass is 32.2. The van der Waals surface area contributed by atoms with Crippen molar-refractivity contribution in [1.29, 1.82) is 0 Å². The van der Waals surface area contributed by atoms with Gasteiger partial charge in [-0.15, -0.1) is 10.2 Å². The Kier molecular flexibility index (Phi) is 6.43. The molecule has 142 valence electrons. The Morgan fingerprint density at radius 2 is 1.56 bits per heavy atom. The highest BCUT2D eigenvalue weighted by molar-refractivity contribution is 7.99. The number of nitrogens with two attached hydrogens (primary N) is 1. The molecule has 8 heteroatoms. The quantitative estimate of drug-likeness (QED) is 0.343. The first-order chi connectivity index (χ1) is 13.2. The van der Waals surface area contributed by atoms with Crippen molar-refractivity contribution in [2.75, 3.05) is 31.9 Å². The zero-order chi connectivity index (χ0) is 19.1. The van der Waals surface area contributed by atoms with Crippen molar-refractivity contribution in [3.63, 3.8) is 0 Å². The van der Waals surface area contributed by atoms with Gasteiger partial charge in [0, 0.05) is 11.3 Å². The van der Waals surface area contributed by atoms with Crippen molar-refractivity contribution in [2.45, 2.75) is 12.1 Å². The van der Waals surface area contributed by atoms with E-state index in [1.807, 2.05) is 55.5 Å². The molecule has 3 rings (SSSR count). The molecule has 0 spiro atoms. The number of ether oxygens (including phenoxy) is 3. The Morgan fingerprint density at radius 1 is 0.926 bits per heavy atom. The molecule has 0 aliphatic heterocycles. The molecule has 7 nitrogen and oxygen atoms in total. The fraction of sp³-hybridized carbons (Fsp3) is 0.263. The van der Waals surface area contributed by atoms with Gasteiger partial charge in [0.05, 0.1) is 20.3 Å². The lowest BCUT2D eigenvalue weighted by molar-refractivity contribution is 0.340. The number of hydrogen-bond donors (Lipinski definition) is 1. The van der Waals surface area contributed by atoms with Crippen LogP contribution in [0.1, 0.15) is 6.92 Å². The van der Waals surface area contributed by atoms with Gasteiger partial charge >= 0.3 is 0 Å². The molecule has 2 aromatic carbocycles. The average molecular weight is 386 g/mol. The van der Waals surface area contributed by atoms with Crippen molar-refractivity contribution in [2.24, 2.45) is 0 Å². The molecule has 2 N–H and O–H groups in total. The Labute approximate surface area is 162 Å². The summed E-state index contributed by atoms with van der Waals surface area (Å²) in [4.78, 5) is 0. The lowest BCUT2D eigenvalue weighted by Crippen LogP contribution is -2.12. The van der Waals surface area contributed by atoms with Crippen LogP contribution in [0, 0.1) is 0 Å². The molecule has 0 atom stereocenters. The maximum atomic E-state index is 6.14. The first-order valence-electron chi connectivity index (χ1n) is 8.54. The zero-order valence-electron chi connectivity index (χ0n) is 15.3. The smallest absolute Gasteiger partial charge is 0.210 e. The normalized spacial score (nSPS) is 10.6. The fourth-order valence-corrected chi connectivity index (χ4v) is 3.08. The SMILES string of the molecule is CCOc1ccc(-c2nnc(SCCOc3ccc(OC)cc3)n2N)cc1. The van der Waals surface area contributed by atoms with Gasteiger partial charge in [-0.2, -0.15) is 0 Å². The second-order valence-corrected chi connectivity index (χ2v) is 6.57. The van der Waals surface area contributed by atoms with Crippen LogP contribution in [0.15, 0.2) is 53.7 Å². The van der Waals surface area contributed by atoms with Crippen LogP contribution in [-0.2, 0) is 0 Å². The maximum absolute atomic E-state index is 6.14. The van der Waals surface area contributed by atoms with Crippen molar-refractivity contribution < 1.29 is 14.2 Å². The van der Waals surface area contributed by atoms with Gasteiger partial charge in [0.1, 0.15) is 17.2 Å². The van der Waals surface area contributed by atoms with Crippen molar-refractivity contribution >= 4 is 11.8 Å². The summed E-state index contributed by atoms with van der Waals surface area (Å²) >= 11 is 1.49. The van der Waals surface area contributed by atoms with E-state index in [-0.39, 0.29) is 0 Å². The highest BCUT2D eigenvalue weighted by Gasteiger charge is 2.12. The minimum Gasteiger partial charge on any atom is -0.497 e.